The van der Waals surface area contributed by atoms with Crippen LogP contribution in [0.2, 0.25) is 0 Å². The summed E-state index contributed by atoms with van der Waals surface area (Å²) in [7, 11) is -0.714. The second kappa shape index (κ2) is 6.36. The average Bonchev–Trinajstić information content (AvgIpc) is 2.24. The molecule has 1 atom stereocenters. The predicted molar refractivity (Wildman–Crippen MR) is 64.1 cm³/mol. The molecule has 84 valence electrons. The molecule has 0 radical (unpaired) electrons. The van der Waals surface area contributed by atoms with Crippen molar-refractivity contribution in [2.45, 2.75) is 6.42 Å². The van der Waals surface area contributed by atoms with E-state index in [0.717, 1.165) is 24.4 Å². The molecule has 0 saturated heterocycles. The number of anilines is 2. The van der Waals surface area contributed by atoms with Crippen molar-refractivity contribution in [3.63, 3.8) is 0 Å². The number of hydrogen-bond acceptors (Lipinski definition) is 5. The highest BCUT2D eigenvalue weighted by atomic mass is 32.2. The van der Waals surface area contributed by atoms with E-state index in [1.165, 1.54) is 0 Å². The van der Waals surface area contributed by atoms with E-state index >= 15 is 0 Å². The van der Waals surface area contributed by atoms with Crippen LogP contribution in [-0.2, 0) is 10.8 Å². The van der Waals surface area contributed by atoms with Crippen molar-refractivity contribution in [2.24, 2.45) is 5.84 Å². The van der Waals surface area contributed by atoms with E-state index in [4.69, 9.17) is 5.84 Å². The van der Waals surface area contributed by atoms with Crippen molar-refractivity contribution in [3.8, 4) is 0 Å². The smallest absolute Gasteiger partial charge is 0.141 e. The molecule has 6 heteroatoms. The fraction of sp³-hybridized carbons (Fsp3) is 0.444. The summed E-state index contributed by atoms with van der Waals surface area (Å²) in [5, 5.41) is 3.20. The maximum absolute atomic E-state index is 10.8. The molecule has 1 heterocycles. The zero-order valence-corrected chi connectivity index (χ0v) is 9.51. The highest BCUT2D eigenvalue weighted by molar-refractivity contribution is 7.84. The van der Waals surface area contributed by atoms with Crippen molar-refractivity contribution in [2.75, 3.05) is 29.3 Å². The minimum Gasteiger partial charge on any atom is -0.385 e. The first-order valence-electron chi connectivity index (χ1n) is 4.69. The third kappa shape index (κ3) is 4.75. The van der Waals surface area contributed by atoms with Gasteiger partial charge in [0.25, 0.3) is 0 Å². The average molecular weight is 228 g/mol. The predicted octanol–water partition coefficient (Wildman–Crippen LogP) is 0.548. The van der Waals surface area contributed by atoms with Crippen molar-refractivity contribution in [1.82, 2.24) is 4.98 Å². The molecule has 0 aliphatic rings. The number of nitrogens with one attached hydrogen (secondary N) is 2. The lowest BCUT2D eigenvalue weighted by Gasteiger charge is -2.06. The topological polar surface area (TPSA) is 80.0 Å². The second-order valence-electron chi connectivity index (χ2n) is 3.13. The van der Waals surface area contributed by atoms with Crippen LogP contribution in [0, 0.1) is 0 Å². The number of hydrogen-bond donors (Lipinski definition) is 3. The van der Waals surface area contributed by atoms with E-state index in [1.807, 2.05) is 12.1 Å². The summed E-state index contributed by atoms with van der Waals surface area (Å²) in [6.45, 7) is 0.799. The number of pyridine rings is 1. The molecule has 0 saturated carbocycles. The molecule has 0 fully saturated rings. The highest BCUT2D eigenvalue weighted by Gasteiger charge is 1.95. The summed E-state index contributed by atoms with van der Waals surface area (Å²) in [5.41, 5.74) is 3.43. The van der Waals surface area contributed by atoms with E-state index in [-0.39, 0.29) is 0 Å². The fourth-order valence-corrected chi connectivity index (χ4v) is 1.68. The van der Waals surface area contributed by atoms with Gasteiger partial charge in [-0.1, -0.05) is 0 Å². The standard InChI is InChI=1S/C9H16N4OS/c1-15(14)6-2-4-11-8-3-5-12-9(7-8)13-10/h3,5,7H,2,4,6,10H2,1H3,(H2,11,12,13). The summed E-state index contributed by atoms with van der Waals surface area (Å²) in [6, 6.07) is 3.69. The van der Waals surface area contributed by atoms with E-state index in [9.17, 15) is 4.21 Å². The zero-order chi connectivity index (χ0) is 11.1. The molecular weight excluding hydrogens is 212 g/mol. The van der Waals surface area contributed by atoms with Gasteiger partial charge in [-0.15, -0.1) is 0 Å². The van der Waals surface area contributed by atoms with Gasteiger partial charge in [0.05, 0.1) is 0 Å². The van der Waals surface area contributed by atoms with Crippen LogP contribution in [0.5, 0.6) is 0 Å². The molecule has 4 N–H and O–H groups in total. The highest BCUT2D eigenvalue weighted by Crippen LogP contribution is 2.10. The van der Waals surface area contributed by atoms with Gasteiger partial charge in [0.15, 0.2) is 0 Å². The van der Waals surface area contributed by atoms with Gasteiger partial charge in [0, 0.05) is 47.3 Å². The molecular formula is C9H16N4OS. The van der Waals surface area contributed by atoms with Gasteiger partial charge in [-0.2, -0.15) is 0 Å². The molecule has 0 aliphatic carbocycles. The molecule has 1 aromatic heterocycles. The lowest BCUT2D eigenvalue weighted by molar-refractivity contribution is 0.685. The maximum Gasteiger partial charge on any atom is 0.141 e. The Morgan fingerprint density at radius 2 is 2.40 bits per heavy atom. The van der Waals surface area contributed by atoms with E-state index in [0.29, 0.717) is 5.82 Å². The van der Waals surface area contributed by atoms with Gasteiger partial charge in [-0.05, 0) is 12.5 Å². The largest absolute Gasteiger partial charge is 0.385 e. The molecule has 0 bridgehead atoms. The Morgan fingerprint density at radius 1 is 1.60 bits per heavy atom. The number of nitrogens with two attached hydrogens (primary N) is 1. The summed E-state index contributed by atoms with van der Waals surface area (Å²) < 4.78 is 10.8. The fourth-order valence-electron chi connectivity index (χ4n) is 1.13. The minimum atomic E-state index is -0.714. The molecule has 1 unspecified atom stereocenters. The Hall–Kier alpha value is -1.14. The van der Waals surface area contributed by atoms with E-state index < -0.39 is 10.8 Å². The van der Waals surface area contributed by atoms with Gasteiger partial charge in [-0.25, -0.2) is 10.8 Å². The number of rotatable bonds is 6. The zero-order valence-electron chi connectivity index (χ0n) is 8.69. The van der Waals surface area contributed by atoms with Gasteiger partial charge in [-0.3, -0.25) is 4.21 Å². The molecule has 1 rings (SSSR count). The third-order valence-corrected chi connectivity index (χ3v) is 2.71. The van der Waals surface area contributed by atoms with Gasteiger partial charge >= 0.3 is 0 Å². The number of nitrogens with zero attached hydrogens (tertiary/aromatic N) is 1. The van der Waals surface area contributed by atoms with Crippen molar-refractivity contribution in [3.05, 3.63) is 18.3 Å². The molecule has 5 nitrogen and oxygen atoms in total. The summed E-state index contributed by atoms with van der Waals surface area (Å²) in [5.74, 6) is 6.58. The van der Waals surface area contributed by atoms with Crippen LogP contribution in [0.1, 0.15) is 6.42 Å². The molecule has 0 spiro atoms. The summed E-state index contributed by atoms with van der Waals surface area (Å²) in [6.07, 6.45) is 4.27. The Morgan fingerprint density at radius 3 is 3.07 bits per heavy atom. The first-order chi connectivity index (χ1) is 7.22. The Labute approximate surface area is 91.9 Å². The van der Waals surface area contributed by atoms with E-state index in [1.54, 1.807) is 12.5 Å². The number of hydrazine groups is 1. The first kappa shape index (κ1) is 11.9. The molecule has 0 amide bonds. The number of aromatic nitrogens is 1. The van der Waals surface area contributed by atoms with E-state index in [2.05, 4.69) is 15.7 Å². The minimum absolute atomic E-state index is 0.624. The monoisotopic (exact) mass is 228 g/mol. The maximum atomic E-state index is 10.8. The molecule has 0 aromatic carbocycles. The van der Waals surface area contributed by atoms with Crippen LogP contribution < -0.4 is 16.6 Å². The lowest BCUT2D eigenvalue weighted by Crippen LogP contribution is -2.10. The van der Waals surface area contributed by atoms with Crippen molar-refractivity contribution in [1.29, 1.82) is 0 Å². The molecule has 0 aliphatic heterocycles. The summed E-state index contributed by atoms with van der Waals surface area (Å²) in [4.78, 5) is 3.99. The summed E-state index contributed by atoms with van der Waals surface area (Å²) >= 11 is 0. The van der Waals surface area contributed by atoms with Gasteiger partial charge in [0.2, 0.25) is 0 Å². The normalized spacial score (nSPS) is 12.1. The first-order valence-corrected chi connectivity index (χ1v) is 6.41. The van der Waals surface area contributed by atoms with Gasteiger partial charge in [0.1, 0.15) is 5.82 Å². The van der Waals surface area contributed by atoms with Crippen molar-refractivity contribution >= 4 is 22.3 Å². The molecule has 15 heavy (non-hydrogen) atoms. The lowest BCUT2D eigenvalue weighted by atomic mass is 10.3. The molecule has 1 aromatic rings. The van der Waals surface area contributed by atoms with Crippen LogP contribution >= 0.6 is 0 Å². The van der Waals surface area contributed by atoms with Crippen LogP contribution in [0.3, 0.4) is 0 Å². The number of nitrogen functional groups attached to an aromatic ring is 1. The Bertz CT molecular complexity index is 332. The van der Waals surface area contributed by atoms with Crippen molar-refractivity contribution < 1.29 is 4.21 Å². The van der Waals surface area contributed by atoms with Gasteiger partial charge < -0.3 is 10.7 Å². The van der Waals surface area contributed by atoms with Crippen LogP contribution in [0.25, 0.3) is 0 Å². The van der Waals surface area contributed by atoms with Crippen LogP contribution in [0.4, 0.5) is 11.5 Å². The second-order valence-corrected chi connectivity index (χ2v) is 4.69. The third-order valence-electron chi connectivity index (χ3n) is 1.85. The van der Waals surface area contributed by atoms with Crippen LogP contribution in [0.15, 0.2) is 18.3 Å². The Kier molecular flexibility index (Phi) is 5.06. The van der Waals surface area contributed by atoms with Crippen LogP contribution in [-0.4, -0.2) is 27.7 Å². The SMILES string of the molecule is CS(=O)CCCNc1ccnc(NN)c1. The quantitative estimate of drug-likeness (QED) is 0.376. The Balaban J connectivity index is 2.33.